The summed E-state index contributed by atoms with van der Waals surface area (Å²) in [6, 6.07) is 5.84. The summed E-state index contributed by atoms with van der Waals surface area (Å²) >= 11 is 0. The fourth-order valence-corrected chi connectivity index (χ4v) is 2.68. The maximum absolute atomic E-state index is 11.6. The quantitative estimate of drug-likeness (QED) is 0.729. The molecule has 4 heteroatoms. The van der Waals surface area contributed by atoms with Gasteiger partial charge >= 0.3 is 0 Å². The van der Waals surface area contributed by atoms with Gasteiger partial charge in [0.2, 0.25) is 0 Å². The van der Waals surface area contributed by atoms with Crippen LogP contribution in [0.5, 0.6) is 5.75 Å². The lowest BCUT2D eigenvalue weighted by atomic mass is 10.0. The van der Waals surface area contributed by atoms with Gasteiger partial charge in [0, 0.05) is 17.7 Å². The van der Waals surface area contributed by atoms with Gasteiger partial charge in [-0.05, 0) is 57.0 Å². The van der Waals surface area contributed by atoms with E-state index in [1.54, 1.807) is 6.92 Å². The summed E-state index contributed by atoms with van der Waals surface area (Å²) in [7, 11) is 0. The van der Waals surface area contributed by atoms with E-state index < -0.39 is 0 Å². The van der Waals surface area contributed by atoms with Crippen molar-refractivity contribution < 1.29 is 21.9 Å². The number of carbonyl (C=O) groups excluding carboxylic acids is 1. The molecule has 1 aromatic carbocycles. The third kappa shape index (κ3) is 5.62. The van der Waals surface area contributed by atoms with Gasteiger partial charge < -0.3 is 17.1 Å². The SMILES string of the molecule is CC(=O)c1ccc(OCC(C)C)c(CN2CCCCC2)c1.[Cl-]. The van der Waals surface area contributed by atoms with Gasteiger partial charge in [0.15, 0.2) is 5.78 Å². The zero-order valence-electron chi connectivity index (χ0n) is 13.9. The molecular weight excluding hydrogens is 298 g/mol. The number of nitrogens with zero attached hydrogens (tertiary/aromatic N) is 1. The molecule has 0 radical (unpaired) electrons. The van der Waals surface area contributed by atoms with Gasteiger partial charge in [-0.15, -0.1) is 0 Å². The highest BCUT2D eigenvalue weighted by atomic mass is 35.5. The maximum Gasteiger partial charge on any atom is 0.159 e. The molecule has 22 heavy (non-hydrogen) atoms. The monoisotopic (exact) mass is 324 g/mol. The first kappa shape index (κ1) is 19.0. The third-order valence-electron chi connectivity index (χ3n) is 3.88. The lowest BCUT2D eigenvalue weighted by Gasteiger charge is -2.27. The second-order valence-electron chi connectivity index (χ2n) is 6.42. The molecule has 0 unspecified atom stereocenters. The number of ketones is 1. The number of benzene rings is 1. The Kier molecular flexibility index (Phi) is 7.91. The highest BCUT2D eigenvalue weighted by molar-refractivity contribution is 5.94. The summed E-state index contributed by atoms with van der Waals surface area (Å²) in [5.41, 5.74) is 1.92. The minimum absolute atomic E-state index is 0. The average Bonchev–Trinajstić information content (AvgIpc) is 2.46. The predicted molar refractivity (Wildman–Crippen MR) is 85.9 cm³/mol. The second-order valence-corrected chi connectivity index (χ2v) is 6.42. The van der Waals surface area contributed by atoms with Crippen LogP contribution in [0.25, 0.3) is 0 Å². The molecule has 0 aromatic heterocycles. The number of likely N-dealkylation sites (tertiary alicyclic amines) is 1. The molecule has 1 aliphatic heterocycles. The molecule has 124 valence electrons. The zero-order chi connectivity index (χ0) is 15.2. The van der Waals surface area contributed by atoms with Crippen molar-refractivity contribution in [3.8, 4) is 5.75 Å². The Hall–Kier alpha value is -1.06. The van der Waals surface area contributed by atoms with Crippen LogP contribution >= 0.6 is 0 Å². The van der Waals surface area contributed by atoms with Crippen molar-refractivity contribution >= 4 is 5.78 Å². The van der Waals surface area contributed by atoms with Crippen molar-refractivity contribution in [2.45, 2.75) is 46.6 Å². The average molecular weight is 325 g/mol. The van der Waals surface area contributed by atoms with E-state index >= 15 is 0 Å². The number of Topliss-reactive ketones (excluding diaryl/α,β-unsaturated/α-hetero) is 1. The summed E-state index contributed by atoms with van der Waals surface area (Å²) in [6.45, 7) is 9.81. The van der Waals surface area contributed by atoms with Gasteiger partial charge in [-0.1, -0.05) is 20.3 Å². The fourth-order valence-electron chi connectivity index (χ4n) is 2.68. The standard InChI is InChI=1S/C18H27NO2.ClH/c1-14(2)13-21-18-8-7-16(15(3)20)11-17(18)12-19-9-5-4-6-10-19;/h7-8,11,14H,4-6,9-10,12-13H2,1-3H3;1H/p-1. The molecule has 3 nitrogen and oxygen atoms in total. The van der Waals surface area contributed by atoms with Crippen molar-refractivity contribution in [2.24, 2.45) is 5.92 Å². The summed E-state index contributed by atoms with van der Waals surface area (Å²) in [6.07, 6.45) is 3.88. The van der Waals surface area contributed by atoms with Crippen LogP contribution in [-0.2, 0) is 6.54 Å². The molecule has 0 aliphatic carbocycles. The molecule has 2 rings (SSSR count). The molecule has 0 saturated carbocycles. The topological polar surface area (TPSA) is 29.5 Å². The first-order valence-corrected chi connectivity index (χ1v) is 8.05. The summed E-state index contributed by atoms with van der Waals surface area (Å²) < 4.78 is 5.94. The molecule has 0 amide bonds. The number of halogens is 1. The molecule has 1 saturated heterocycles. The van der Waals surface area contributed by atoms with Crippen molar-refractivity contribution in [3.05, 3.63) is 29.3 Å². The first-order chi connectivity index (χ1) is 10.1. The molecule has 1 aromatic rings. The number of hydrogen-bond donors (Lipinski definition) is 0. The van der Waals surface area contributed by atoms with Crippen LogP contribution in [0.15, 0.2) is 18.2 Å². The molecule has 0 atom stereocenters. The molecular formula is C18H27ClNO2-. The summed E-state index contributed by atoms with van der Waals surface area (Å²) in [5.74, 6) is 1.55. The van der Waals surface area contributed by atoms with Crippen molar-refractivity contribution in [2.75, 3.05) is 19.7 Å². The summed E-state index contributed by atoms with van der Waals surface area (Å²) in [5, 5.41) is 0. The number of carbonyl (C=O) groups is 1. The number of hydrogen-bond acceptors (Lipinski definition) is 3. The maximum atomic E-state index is 11.6. The molecule has 1 heterocycles. The third-order valence-corrected chi connectivity index (χ3v) is 3.88. The Balaban J connectivity index is 0.00000242. The molecule has 1 aliphatic rings. The Morgan fingerprint density at radius 3 is 2.50 bits per heavy atom. The highest BCUT2D eigenvalue weighted by Gasteiger charge is 2.15. The second kappa shape index (κ2) is 9.16. The van der Waals surface area contributed by atoms with Gasteiger partial charge in [0.1, 0.15) is 5.75 Å². The van der Waals surface area contributed by atoms with Crippen molar-refractivity contribution in [1.82, 2.24) is 4.90 Å². The number of ether oxygens (including phenoxy) is 1. The normalized spacial score (nSPS) is 15.5. The van der Waals surface area contributed by atoms with Crippen LogP contribution < -0.4 is 17.1 Å². The van der Waals surface area contributed by atoms with E-state index in [0.717, 1.165) is 36.5 Å². The molecule has 0 N–H and O–H groups in total. The lowest BCUT2D eigenvalue weighted by molar-refractivity contribution is -0.0000129. The van der Waals surface area contributed by atoms with E-state index in [0.29, 0.717) is 12.5 Å². The van der Waals surface area contributed by atoms with Gasteiger partial charge in [-0.25, -0.2) is 0 Å². The van der Waals surface area contributed by atoms with Crippen LogP contribution in [0.4, 0.5) is 0 Å². The van der Waals surface area contributed by atoms with Gasteiger partial charge in [-0.3, -0.25) is 9.69 Å². The van der Waals surface area contributed by atoms with Crippen molar-refractivity contribution in [1.29, 1.82) is 0 Å². The number of rotatable bonds is 6. The van der Waals surface area contributed by atoms with E-state index in [2.05, 4.69) is 18.7 Å². The summed E-state index contributed by atoms with van der Waals surface area (Å²) in [4.78, 5) is 14.1. The van der Waals surface area contributed by atoms with E-state index in [1.165, 1.54) is 19.3 Å². The molecule has 0 bridgehead atoms. The Morgan fingerprint density at radius 2 is 1.91 bits per heavy atom. The van der Waals surface area contributed by atoms with Gasteiger partial charge in [-0.2, -0.15) is 0 Å². The molecule has 1 fully saturated rings. The minimum Gasteiger partial charge on any atom is -1.00 e. The van der Waals surface area contributed by atoms with Crippen LogP contribution in [-0.4, -0.2) is 30.4 Å². The minimum atomic E-state index is 0. The van der Waals surface area contributed by atoms with Crippen LogP contribution in [0, 0.1) is 5.92 Å². The lowest BCUT2D eigenvalue weighted by Crippen LogP contribution is -3.00. The largest absolute Gasteiger partial charge is 1.00 e. The fraction of sp³-hybridized carbons (Fsp3) is 0.611. The molecule has 0 spiro atoms. The predicted octanol–water partition coefficient (Wildman–Crippen LogP) is 0.914. The number of piperidine rings is 1. The van der Waals surface area contributed by atoms with Gasteiger partial charge in [0.05, 0.1) is 6.61 Å². The van der Waals surface area contributed by atoms with Crippen LogP contribution in [0.3, 0.4) is 0 Å². The van der Waals surface area contributed by atoms with E-state index in [9.17, 15) is 4.79 Å². The highest BCUT2D eigenvalue weighted by Crippen LogP contribution is 2.24. The van der Waals surface area contributed by atoms with E-state index in [1.807, 2.05) is 18.2 Å². The Bertz CT molecular complexity index is 482. The Morgan fingerprint density at radius 1 is 1.23 bits per heavy atom. The van der Waals surface area contributed by atoms with E-state index in [-0.39, 0.29) is 18.2 Å². The van der Waals surface area contributed by atoms with Crippen LogP contribution in [0.2, 0.25) is 0 Å². The van der Waals surface area contributed by atoms with Crippen LogP contribution in [0.1, 0.15) is 56.0 Å². The van der Waals surface area contributed by atoms with Gasteiger partial charge in [0.25, 0.3) is 0 Å². The Labute approximate surface area is 140 Å². The van der Waals surface area contributed by atoms with E-state index in [4.69, 9.17) is 4.74 Å². The first-order valence-electron chi connectivity index (χ1n) is 8.05. The zero-order valence-corrected chi connectivity index (χ0v) is 14.7. The smallest absolute Gasteiger partial charge is 0.159 e. The van der Waals surface area contributed by atoms with Crippen molar-refractivity contribution in [3.63, 3.8) is 0 Å².